The molecule has 36 heavy (non-hydrogen) atoms. The van der Waals surface area contributed by atoms with Crippen molar-refractivity contribution in [3.63, 3.8) is 0 Å². The minimum atomic E-state index is -0.429. The number of hydrogen-bond acceptors (Lipinski definition) is 6. The molecule has 4 aromatic rings. The molecule has 1 N–H and O–H groups in total. The van der Waals surface area contributed by atoms with E-state index in [4.69, 9.17) is 41.8 Å². The van der Waals surface area contributed by atoms with E-state index in [0.717, 1.165) is 5.56 Å². The topological polar surface area (TPSA) is 87.0 Å². The van der Waals surface area contributed by atoms with Gasteiger partial charge < -0.3 is 23.9 Å². The summed E-state index contributed by atoms with van der Waals surface area (Å²) < 4.78 is 22.2. The second-order valence-electron chi connectivity index (χ2n) is 7.81. The van der Waals surface area contributed by atoms with Gasteiger partial charge in [-0.3, -0.25) is 9.59 Å². The van der Waals surface area contributed by atoms with Crippen molar-refractivity contribution in [2.45, 2.75) is 6.42 Å². The summed E-state index contributed by atoms with van der Waals surface area (Å²) in [4.78, 5) is 25.7. The lowest BCUT2D eigenvalue weighted by atomic mass is 10.1. The number of rotatable bonds is 9. The molecule has 0 saturated heterocycles. The quantitative estimate of drug-likeness (QED) is 0.308. The van der Waals surface area contributed by atoms with Gasteiger partial charge in [0.05, 0.1) is 19.6 Å². The Kier molecular flexibility index (Phi) is 8.03. The summed E-state index contributed by atoms with van der Waals surface area (Å²) in [7, 11) is 3.14. The summed E-state index contributed by atoms with van der Waals surface area (Å²) in [6.45, 7) is -0.00694. The van der Waals surface area contributed by atoms with Gasteiger partial charge in [-0.05, 0) is 66.6 Å². The molecule has 7 nitrogen and oxygen atoms in total. The molecule has 1 amide bonds. The van der Waals surface area contributed by atoms with E-state index in [0.29, 0.717) is 45.7 Å². The van der Waals surface area contributed by atoms with Crippen LogP contribution in [0, 0.1) is 0 Å². The number of amides is 1. The summed E-state index contributed by atoms with van der Waals surface area (Å²) in [5, 5.41) is 3.96. The van der Waals surface area contributed by atoms with Crippen molar-refractivity contribution in [3.8, 4) is 28.6 Å². The number of hydrogen-bond donors (Lipinski definition) is 1. The maximum Gasteiger partial charge on any atom is 0.257 e. The van der Waals surface area contributed by atoms with Gasteiger partial charge in [-0.25, -0.2) is 0 Å². The Morgan fingerprint density at radius 3 is 2.36 bits per heavy atom. The average molecular weight is 528 g/mol. The first kappa shape index (κ1) is 25.4. The van der Waals surface area contributed by atoms with Crippen molar-refractivity contribution in [2.24, 2.45) is 0 Å². The van der Waals surface area contributed by atoms with E-state index >= 15 is 0 Å². The molecule has 0 bridgehead atoms. The standard InChI is InChI=1S/C27H23Cl2NO6/c1-33-22-9-3-16(13-23(22)34-2)11-12-30-24(31)15-35-27-25(32)20-14-19(29)8-10-21(20)36-26(27)17-4-6-18(28)7-5-17/h3-10,13-14H,11-12,15H2,1-2H3,(H,30,31). The van der Waals surface area contributed by atoms with E-state index in [1.165, 1.54) is 6.07 Å². The van der Waals surface area contributed by atoms with Crippen LogP contribution in [0.1, 0.15) is 5.56 Å². The molecule has 0 aliphatic carbocycles. The highest BCUT2D eigenvalue weighted by molar-refractivity contribution is 6.31. The molecule has 0 aliphatic heterocycles. The molecule has 0 atom stereocenters. The smallest absolute Gasteiger partial charge is 0.257 e. The Bertz CT molecular complexity index is 1450. The van der Waals surface area contributed by atoms with Gasteiger partial charge in [0.25, 0.3) is 5.91 Å². The van der Waals surface area contributed by atoms with E-state index in [2.05, 4.69) is 5.32 Å². The van der Waals surface area contributed by atoms with Crippen molar-refractivity contribution in [1.29, 1.82) is 0 Å². The second-order valence-corrected chi connectivity index (χ2v) is 8.69. The minimum absolute atomic E-state index is 0.0814. The van der Waals surface area contributed by atoms with Crippen molar-refractivity contribution >= 4 is 40.1 Å². The Morgan fingerprint density at radius 2 is 1.64 bits per heavy atom. The van der Waals surface area contributed by atoms with Crippen LogP contribution in [-0.2, 0) is 11.2 Å². The zero-order valence-electron chi connectivity index (χ0n) is 19.6. The van der Waals surface area contributed by atoms with Crippen LogP contribution in [0.15, 0.2) is 69.9 Å². The number of fused-ring (bicyclic) bond motifs is 1. The maximum absolute atomic E-state index is 13.2. The summed E-state index contributed by atoms with van der Waals surface area (Å²) in [6, 6.07) is 17.1. The van der Waals surface area contributed by atoms with Gasteiger partial charge in [0.2, 0.25) is 11.2 Å². The lowest BCUT2D eigenvalue weighted by Gasteiger charge is -2.12. The normalized spacial score (nSPS) is 10.8. The van der Waals surface area contributed by atoms with Crippen LogP contribution in [0.5, 0.6) is 17.2 Å². The monoisotopic (exact) mass is 527 g/mol. The number of carbonyl (C=O) groups excluding carboxylic acids is 1. The summed E-state index contributed by atoms with van der Waals surface area (Å²) >= 11 is 12.1. The number of ether oxygens (including phenoxy) is 3. The van der Waals surface area contributed by atoms with E-state index in [1.807, 2.05) is 18.2 Å². The third-order valence-electron chi connectivity index (χ3n) is 5.45. The van der Waals surface area contributed by atoms with Gasteiger partial charge in [0.15, 0.2) is 23.9 Å². The number of carbonyl (C=O) groups is 1. The molecule has 1 aromatic heterocycles. The fourth-order valence-electron chi connectivity index (χ4n) is 3.64. The van der Waals surface area contributed by atoms with Crippen LogP contribution in [-0.4, -0.2) is 33.3 Å². The molecule has 0 aliphatic rings. The number of methoxy groups -OCH3 is 2. The van der Waals surface area contributed by atoms with Crippen LogP contribution < -0.4 is 25.0 Å². The molecule has 0 saturated carbocycles. The van der Waals surface area contributed by atoms with Crippen molar-refractivity contribution in [3.05, 3.63) is 86.5 Å². The molecule has 1 heterocycles. The lowest BCUT2D eigenvalue weighted by molar-refractivity contribution is -0.123. The Hall–Kier alpha value is -3.68. The van der Waals surface area contributed by atoms with E-state index < -0.39 is 5.43 Å². The number of benzene rings is 3. The van der Waals surface area contributed by atoms with Crippen LogP contribution in [0.3, 0.4) is 0 Å². The number of nitrogens with one attached hydrogen (secondary N) is 1. The molecule has 0 spiro atoms. The summed E-state index contributed by atoms with van der Waals surface area (Å²) in [5.74, 6) is 0.975. The van der Waals surface area contributed by atoms with Crippen LogP contribution >= 0.6 is 23.2 Å². The first-order chi connectivity index (χ1) is 17.4. The van der Waals surface area contributed by atoms with E-state index in [9.17, 15) is 9.59 Å². The fourth-order valence-corrected chi connectivity index (χ4v) is 3.94. The summed E-state index contributed by atoms with van der Waals surface area (Å²) in [5.41, 5.74) is 1.46. The zero-order chi connectivity index (χ0) is 25.7. The van der Waals surface area contributed by atoms with Crippen molar-refractivity contribution in [2.75, 3.05) is 27.4 Å². The van der Waals surface area contributed by atoms with Gasteiger partial charge in [-0.2, -0.15) is 0 Å². The van der Waals surface area contributed by atoms with Gasteiger partial charge >= 0.3 is 0 Å². The molecule has 0 radical (unpaired) electrons. The highest BCUT2D eigenvalue weighted by atomic mass is 35.5. The maximum atomic E-state index is 13.2. The van der Waals surface area contributed by atoms with Crippen LogP contribution in [0.4, 0.5) is 0 Å². The predicted octanol–water partition coefficient (Wildman–Crippen LogP) is 5.52. The first-order valence-corrected chi connectivity index (χ1v) is 11.8. The van der Waals surface area contributed by atoms with Crippen molar-refractivity contribution in [1.82, 2.24) is 5.32 Å². The van der Waals surface area contributed by atoms with Gasteiger partial charge in [0, 0.05) is 22.2 Å². The Balaban J connectivity index is 1.49. The van der Waals surface area contributed by atoms with Gasteiger partial charge in [-0.15, -0.1) is 0 Å². The van der Waals surface area contributed by atoms with Gasteiger partial charge in [0.1, 0.15) is 5.58 Å². The molecule has 4 rings (SSSR count). The third-order valence-corrected chi connectivity index (χ3v) is 5.94. The van der Waals surface area contributed by atoms with Crippen LogP contribution in [0.25, 0.3) is 22.3 Å². The average Bonchev–Trinajstić information content (AvgIpc) is 2.88. The lowest BCUT2D eigenvalue weighted by Crippen LogP contribution is -2.31. The Labute approximate surface area is 217 Å². The first-order valence-electron chi connectivity index (χ1n) is 11.0. The zero-order valence-corrected chi connectivity index (χ0v) is 21.1. The summed E-state index contributed by atoms with van der Waals surface area (Å²) in [6.07, 6.45) is 0.568. The fraction of sp³-hybridized carbons (Fsp3) is 0.185. The largest absolute Gasteiger partial charge is 0.493 e. The third kappa shape index (κ3) is 5.75. The van der Waals surface area contributed by atoms with E-state index in [1.54, 1.807) is 50.6 Å². The minimum Gasteiger partial charge on any atom is -0.493 e. The van der Waals surface area contributed by atoms with Crippen molar-refractivity contribution < 1.29 is 23.4 Å². The molecule has 9 heteroatoms. The van der Waals surface area contributed by atoms with E-state index in [-0.39, 0.29) is 29.4 Å². The van der Waals surface area contributed by atoms with Gasteiger partial charge in [-0.1, -0.05) is 29.3 Å². The molecule has 3 aromatic carbocycles. The molecular weight excluding hydrogens is 505 g/mol. The second kappa shape index (κ2) is 11.4. The highest BCUT2D eigenvalue weighted by Crippen LogP contribution is 2.32. The predicted molar refractivity (Wildman–Crippen MR) is 140 cm³/mol. The van der Waals surface area contributed by atoms with Crippen LogP contribution in [0.2, 0.25) is 10.0 Å². The Morgan fingerprint density at radius 1 is 0.917 bits per heavy atom. The molecule has 0 fully saturated rings. The highest BCUT2D eigenvalue weighted by Gasteiger charge is 2.19. The molecule has 0 unspecified atom stereocenters. The molecule has 186 valence electrons. The number of halogens is 2. The molecular formula is C27H23Cl2NO6. The SMILES string of the molecule is COc1ccc(CCNC(=O)COc2c(-c3ccc(Cl)cc3)oc3ccc(Cl)cc3c2=O)cc1OC.